The largest absolute Gasteiger partial charge is 0.369 e. The fourth-order valence-electron chi connectivity index (χ4n) is 1.73. The summed E-state index contributed by atoms with van der Waals surface area (Å²) in [7, 11) is 0. The summed E-state index contributed by atoms with van der Waals surface area (Å²) in [6.45, 7) is 4.04. The molecule has 2 amide bonds. The van der Waals surface area contributed by atoms with Crippen LogP contribution in [0, 0.1) is 0 Å². The van der Waals surface area contributed by atoms with Crippen molar-refractivity contribution in [2.75, 3.05) is 23.0 Å². The molecule has 1 heterocycles. The molecule has 0 aliphatic carbocycles. The lowest BCUT2D eigenvalue weighted by molar-refractivity contribution is -0.126. The molecule has 5 nitrogen and oxygen atoms in total. The van der Waals surface area contributed by atoms with Gasteiger partial charge in [-0.25, -0.2) is 0 Å². The topological polar surface area (TPSA) is 67.4 Å². The lowest BCUT2D eigenvalue weighted by Crippen LogP contribution is -2.27. The lowest BCUT2D eigenvalue weighted by Gasteiger charge is -2.18. The number of carbonyl (C=O) groups excluding carboxylic acids is 2. The van der Waals surface area contributed by atoms with Gasteiger partial charge in [-0.1, -0.05) is 0 Å². The Morgan fingerprint density at radius 3 is 3.11 bits per heavy atom. The number of fused-ring (bicyclic) bond motifs is 1. The van der Waals surface area contributed by atoms with Crippen LogP contribution in [0.25, 0.3) is 0 Å². The fourth-order valence-corrected chi connectivity index (χ4v) is 2.52. The Labute approximate surface area is 116 Å². The van der Waals surface area contributed by atoms with Crippen LogP contribution >= 0.6 is 11.8 Å². The monoisotopic (exact) mass is 280 g/mol. The van der Waals surface area contributed by atoms with Crippen LogP contribution in [0.4, 0.5) is 11.4 Å². The molecule has 1 atom stereocenters. The van der Waals surface area contributed by atoms with E-state index >= 15 is 0 Å². The van der Waals surface area contributed by atoms with Crippen molar-refractivity contribution >= 4 is 35.0 Å². The minimum atomic E-state index is -0.495. The van der Waals surface area contributed by atoms with E-state index in [9.17, 15) is 9.59 Å². The highest BCUT2D eigenvalue weighted by Crippen LogP contribution is 2.33. The predicted octanol–water partition coefficient (Wildman–Crippen LogP) is 2.09. The van der Waals surface area contributed by atoms with Crippen LogP contribution in [-0.2, 0) is 14.3 Å². The van der Waals surface area contributed by atoms with Gasteiger partial charge in [0.1, 0.15) is 6.10 Å². The molecular formula is C13H16N2O3S. The van der Waals surface area contributed by atoms with Gasteiger partial charge in [-0.2, -0.15) is 0 Å². The van der Waals surface area contributed by atoms with E-state index in [0.29, 0.717) is 18.0 Å². The van der Waals surface area contributed by atoms with Crippen LogP contribution in [0.1, 0.15) is 13.8 Å². The van der Waals surface area contributed by atoms with Crippen molar-refractivity contribution in [2.24, 2.45) is 0 Å². The smallest absolute Gasteiger partial charge is 0.253 e. The van der Waals surface area contributed by atoms with Gasteiger partial charge in [-0.05, 0) is 32.0 Å². The molecule has 19 heavy (non-hydrogen) atoms. The highest BCUT2D eigenvalue weighted by Gasteiger charge is 2.17. The number of hydrogen-bond donors (Lipinski definition) is 2. The molecule has 1 aromatic carbocycles. The first-order valence-electron chi connectivity index (χ1n) is 6.09. The van der Waals surface area contributed by atoms with E-state index in [4.69, 9.17) is 4.74 Å². The Bertz CT molecular complexity index is 505. The average molecular weight is 280 g/mol. The molecule has 0 saturated carbocycles. The van der Waals surface area contributed by atoms with E-state index in [1.807, 2.05) is 19.1 Å². The van der Waals surface area contributed by atoms with E-state index in [0.717, 1.165) is 10.6 Å². The average Bonchev–Trinajstić information content (AvgIpc) is 2.38. The molecule has 0 aromatic heterocycles. The Kier molecular flexibility index (Phi) is 4.44. The van der Waals surface area contributed by atoms with Gasteiger partial charge in [0.2, 0.25) is 5.91 Å². The summed E-state index contributed by atoms with van der Waals surface area (Å²) in [6.07, 6.45) is -0.495. The molecular weight excluding hydrogens is 264 g/mol. The van der Waals surface area contributed by atoms with Crippen LogP contribution < -0.4 is 10.6 Å². The van der Waals surface area contributed by atoms with Gasteiger partial charge in [-0.3, -0.25) is 9.59 Å². The molecule has 1 aliphatic heterocycles. The SMILES string of the molecule is CCO[C@@H](C)C(=O)Nc1ccc2c(c1)NC(=O)CS2. The first-order valence-corrected chi connectivity index (χ1v) is 7.08. The van der Waals surface area contributed by atoms with Crippen LogP contribution in [0.3, 0.4) is 0 Å². The molecule has 2 N–H and O–H groups in total. The molecule has 0 unspecified atom stereocenters. The number of hydrogen-bond acceptors (Lipinski definition) is 4. The fraction of sp³-hybridized carbons (Fsp3) is 0.385. The van der Waals surface area contributed by atoms with Crippen LogP contribution in [0.2, 0.25) is 0 Å². The molecule has 0 saturated heterocycles. The maximum Gasteiger partial charge on any atom is 0.253 e. The molecule has 0 radical (unpaired) electrons. The number of benzene rings is 1. The zero-order valence-corrected chi connectivity index (χ0v) is 11.7. The normalized spacial score (nSPS) is 15.4. The van der Waals surface area contributed by atoms with E-state index in [-0.39, 0.29) is 11.8 Å². The lowest BCUT2D eigenvalue weighted by atomic mass is 10.2. The number of rotatable bonds is 4. The maximum atomic E-state index is 11.8. The molecule has 0 fully saturated rings. The highest BCUT2D eigenvalue weighted by atomic mass is 32.2. The molecule has 6 heteroatoms. The van der Waals surface area contributed by atoms with Gasteiger partial charge < -0.3 is 15.4 Å². The Hall–Kier alpha value is -1.53. The van der Waals surface area contributed by atoms with E-state index in [1.54, 1.807) is 13.0 Å². The third kappa shape index (κ3) is 3.48. The first kappa shape index (κ1) is 13.9. The van der Waals surface area contributed by atoms with Crippen molar-refractivity contribution in [2.45, 2.75) is 24.8 Å². The zero-order chi connectivity index (χ0) is 13.8. The first-order chi connectivity index (χ1) is 9.10. The standard InChI is InChI=1S/C13H16N2O3S/c1-3-18-8(2)13(17)14-9-4-5-11-10(6-9)15-12(16)7-19-11/h4-6,8H,3,7H2,1-2H3,(H,14,17)(H,15,16)/t8-/m0/s1. The van der Waals surface area contributed by atoms with Crippen molar-refractivity contribution < 1.29 is 14.3 Å². The van der Waals surface area contributed by atoms with Crippen LogP contribution in [0.15, 0.2) is 23.1 Å². The summed E-state index contributed by atoms with van der Waals surface area (Å²) in [5, 5.41) is 5.55. The number of ether oxygens (including phenoxy) is 1. The Morgan fingerprint density at radius 2 is 2.37 bits per heavy atom. The number of thioether (sulfide) groups is 1. The molecule has 0 spiro atoms. The van der Waals surface area contributed by atoms with Gasteiger partial charge >= 0.3 is 0 Å². The van der Waals surface area contributed by atoms with Gasteiger partial charge in [-0.15, -0.1) is 11.8 Å². The zero-order valence-electron chi connectivity index (χ0n) is 10.9. The van der Waals surface area contributed by atoms with E-state index in [2.05, 4.69) is 10.6 Å². The quantitative estimate of drug-likeness (QED) is 0.886. The summed E-state index contributed by atoms with van der Waals surface area (Å²) >= 11 is 1.49. The summed E-state index contributed by atoms with van der Waals surface area (Å²) in [6, 6.07) is 5.47. The summed E-state index contributed by atoms with van der Waals surface area (Å²) < 4.78 is 5.22. The molecule has 0 bridgehead atoms. The minimum absolute atomic E-state index is 0.0244. The number of nitrogens with one attached hydrogen (secondary N) is 2. The van der Waals surface area contributed by atoms with Crippen LogP contribution in [-0.4, -0.2) is 30.3 Å². The van der Waals surface area contributed by atoms with Gasteiger partial charge in [0.25, 0.3) is 5.91 Å². The van der Waals surface area contributed by atoms with Gasteiger partial charge in [0.15, 0.2) is 0 Å². The maximum absolute atomic E-state index is 11.8. The minimum Gasteiger partial charge on any atom is -0.369 e. The second kappa shape index (κ2) is 6.08. The highest BCUT2D eigenvalue weighted by molar-refractivity contribution is 8.00. The molecule has 1 aromatic rings. The van der Waals surface area contributed by atoms with Crippen molar-refractivity contribution in [3.63, 3.8) is 0 Å². The number of amides is 2. The van der Waals surface area contributed by atoms with Gasteiger partial charge in [0, 0.05) is 17.2 Å². The third-order valence-corrected chi connectivity index (χ3v) is 3.74. The second-order valence-corrected chi connectivity index (χ2v) is 5.15. The summed E-state index contributed by atoms with van der Waals surface area (Å²) in [5.41, 5.74) is 1.39. The Morgan fingerprint density at radius 1 is 1.58 bits per heavy atom. The molecule has 1 aliphatic rings. The van der Waals surface area contributed by atoms with Crippen molar-refractivity contribution in [1.82, 2.24) is 0 Å². The second-order valence-electron chi connectivity index (χ2n) is 4.13. The third-order valence-electron chi connectivity index (χ3n) is 2.67. The van der Waals surface area contributed by atoms with Crippen molar-refractivity contribution in [3.05, 3.63) is 18.2 Å². The molecule has 102 valence electrons. The number of carbonyl (C=O) groups is 2. The Balaban J connectivity index is 2.08. The predicted molar refractivity (Wildman–Crippen MR) is 75.5 cm³/mol. The van der Waals surface area contributed by atoms with Crippen molar-refractivity contribution in [1.29, 1.82) is 0 Å². The van der Waals surface area contributed by atoms with E-state index < -0.39 is 6.10 Å². The van der Waals surface area contributed by atoms with Crippen molar-refractivity contribution in [3.8, 4) is 0 Å². The van der Waals surface area contributed by atoms with Gasteiger partial charge in [0.05, 0.1) is 11.4 Å². The summed E-state index contributed by atoms with van der Waals surface area (Å²) in [4.78, 5) is 24.1. The van der Waals surface area contributed by atoms with E-state index in [1.165, 1.54) is 11.8 Å². The molecule has 2 rings (SSSR count). The number of anilines is 2. The summed E-state index contributed by atoms with van der Waals surface area (Å²) in [5.74, 6) is 0.209. The van der Waals surface area contributed by atoms with Crippen LogP contribution in [0.5, 0.6) is 0 Å².